The molecular formula is C10H13N3O6. The minimum absolute atomic E-state index is 0.0645. The molecule has 0 aromatic carbocycles. The van der Waals surface area contributed by atoms with Gasteiger partial charge in [-0.2, -0.15) is 4.98 Å². The number of hydrogen-bond donors (Lipinski definition) is 3. The number of hydrogen-bond acceptors (Lipinski definition) is 6. The number of amides is 1. The summed E-state index contributed by atoms with van der Waals surface area (Å²) in [5.41, 5.74) is 0. The molecule has 0 aliphatic heterocycles. The number of aromatic nitrogens is 2. The van der Waals surface area contributed by atoms with Crippen LogP contribution in [0.25, 0.3) is 0 Å². The lowest BCUT2D eigenvalue weighted by Crippen LogP contribution is -2.42. The van der Waals surface area contributed by atoms with Gasteiger partial charge in [0, 0.05) is 12.8 Å². The summed E-state index contributed by atoms with van der Waals surface area (Å²) >= 11 is 0. The van der Waals surface area contributed by atoms with Gasteiger partial charge in [-0.3, -0.25) is 9.59 Å². The highest BCUT2D eigenvalue weighted by atomic mass is 16.5. The van der Waals surface area contributed by atoms with Crippen LogP contribution in [-0.4, -0.2) is 44.2 Å². The fraction of sp³-hybridized carbons (Fsp3) is 0.500. The Balaban J connectivity index is 2.44. The van der Waals surface area contributed by atoms with E-state index in [1.165, 1.54) is 0 Å². The lowest BCUT2D eigenvalue weighted by molar-refractivity contribution is -0.147. The number of nitrogens with zero attached hydrogens (tertiary/aromatic N) is 2. The van der Waals surface area contributed by atoms with Gasteiger partial charge in [0.15, 0.2) is 5.82 Å². The Labute approximate surface area is 107 Å². The van der Waals surface area contributed by atoms with Crippen LogP contribution in [0.5, 0.6) is 0 Å². The van der Waals surface area contributed by atoms with Gasteiger partial charge >= 0.3 is 11.9 Å². The standard InChI is InChI=1S/C10H13N3O6/c1-5-11-8(19-13-5)3-2-7(14)12-6(10(17)18)4-9(15)16/h6H,2-4H2,1H3,(H,12,14)(H,15,16)(H,17,18). The summed E-state index contributed by atoms with van der Waals surface area (Å²) < 4.78 is 4.78. The monoisotopic (exact) mass is 271 g/mol. The van der Waals surface area contributed by atoms with Crippen LogP contribution < -0.4 is 5.32 Å². The van der Waals surface area contributed by atoms with Gasteiger partial charge in [0.2, 0.25) is 11.8 Å². The van der Waals surface area contributed by atoms with Gasteiger partial charge in [-0.05, 0) is 6.92 Å². The van der Waals surface area contributed by atoms with Crippen LogP contribution in [0.3, 0.4) is 0 Å². The first-order valence-electron chi connectivity index (χ1n) is 5.41. The third kappa shape index (κ3) is 5.15. The molecule has 0 bridgehead atoms. The molecule has 0 spiro atoms. The fourth-order valence-electron chi connectivity index (χ4n) is 1.30. The first-order chi connectivity index (χ1) is 8.88. The number of rotatable bonds is 7. The summed E-state index contributed by atoms with van der Waals surface area (Å²) in [5, 5.41) is 22.9. The molecular weight excluding hydrogens is 258 g/mol. The van der Waals surface area contributed by atoms with Crippen molar-refractivity contribution in [3.8, 4) is 0 Å². The van der Waals surface area contributed by atoms with Crippen LogP contribution >= 0.6 is 0 Å². The van der Waals surface area contributed by atoms with E-state index >= 15 is 0 Å². The molecule has 1 atom stereocenters. The predicted molar refractivity (Wildman–Crippen MR) is 59.2 cm³/mol. The molecule has 1 rings (SSSR count). The maximum atomic E-state index is 11.5. The van der Waals surface area contributed by atoms with E-state index in [9.17, 15) is 14.4 Å². The quantitative estimate of drug-likeness (QED) is 0.594. The molecule has 104 valence electrons. The molecule has 1 aromatic rings. The van der Waals surface area contributed by atoms with Crippen molar-refractivity contribution in [2.75, 3.05) is 0 Å². The van der Waals surface area contributed by atoms with Crippen molar-refractivity contribution in [2.45, 2.75) is 32.2 Å². The molecule has 1 aromatic heterocycles. The second kappa shape index (κ2) is 6.47. The molecule has 0 aliphatic carbocycles. The highest BCUT2D eigenvalue weighted by molar-refractivity contribution is 5.86. The number of carbonyl (C=O) groups excluding carboxylic acids is 1. The third-order valence-corrected chi connectivity index (χ3v) is 2.15. The van der Waals surface area contributed by atoms with Gasteiger partial charge in [-0.1, -0.05) is 5.16 Å². The van der Waals surface area contributed by atoms with Crippen molar-refractivity contribution in [3.63, 3.8) is 0 Å². The van der Waals surface area contributed by atoms with Crippen LogP contribution in [0, 0.1) is 6.92 Å². The van der Waals surface area contributed by atoms with Gasteiger partial charge < -0.3 is 20.1 Å². The number of carbonyl (C=O) groups is 3. The topological polar surface area (TPSA) is 143 Å². The molecule has 9 heteroatoms. The zero-order valence-corrected chi connectivity index (χ0v) is 10.1. The lowest BCUT2D eigenvalue weighted by Gasteiger charge is -2.11. The van der Waals surface area contributed by atoms with Gasteiger partial charge in [-0.25, -0.2) is 4.79 Å². The number of aliphatic carboxylic acids is 2. The molecule has 0 saturated carbocycles. The zero-order valence-electron chi connectivity index (χ0n) is 10.1. The van der Waals surface area contributed by atoms with E-state index in [1.54, 1.807) is 6.92 Å². The Bertz CT molecular complexity index is 483. The normalized spacial score (nSPS) is 11.8. The largest absolute Gasteiger partial charge is 0.481 e. The van der Waals surface area contributed by atoms with E-state index in [4.69, 9.17) is 14.7 Å². The minimum atomic E-state index is -1.45. The summed E-state index contributed by atoms with van der Waals surface area (Å²) in [7, 11) is 0. The summed E-state index contributed by atoms with van der Waals surface area (Å²) in [6, 6.07) is -1.45. The number of carboxylic acids is 2. The summed E-state index contributed by atoms with van der Waals surface area (Å²) in [4.78, 5) is 36.5. The van der Waals surface area contributed by atoms with Crippen LogP contribution in [0.2, 0.25) is 0 Å². The Kier molecular flexibility index (Phi) is 4.98. The molecule has 9 nitrogen and oxygen atoms in total. The number of nitrogens with one attached hydrogen (secondary N) is 1. The Morgan fingerprint density at radius 1 is 1.37 bits per heavy atom. The van der Waals surface area contributed by atoms with E-state index < -0.39 is 30.3 Å². The Hall–Kier alpha value is -2.45. The van der Waals surface area contributed by atoms with E-state index in [-0.39, 0.29) is 18.7 Å². The maximum Gasteiger partial charge on any atom is 0.326 e. The average Bonchev–Trinajstić information content (AvgIpc) is 2.71. The molecule has 0 fully saturated rings. The molecule has 19 heavy (non-hydrogen) atoms. The third-order valence-electron chi connectivity index (χ3n) is 2.15. The molecule has 0 radical (unpaired) electrons. The zero-order chi connectivity index (χ0) is 14.4. The fourth-order valence-corrected chi connectivity index (χ4v) is 1.30. The van der Waals surface area contributed by atoms with Gasteiger partial charge in [0.1, 0.15) is 6.04 Å². The van der Waals surface area contributed by atoms with E-state index in [0.29, 0.717) is 5.82 Å². The lowest BCUT2D eigenvalue weighted by atomic mass is 10.2. The molecule has 0 aliphatic rings. The summed E-state index contributed by atoms with van der Waals surface area (Å²) in [6.45, 7) is 1.63. The van der Waals surface area contributed by atoms with Gasteiger partial charge in [0.25, 0.3) is 0 Å². The van der Waals surface area contributed by atoms with Gasteiger partial charge in [-0.15, -0.1) is 0 Å². The Morgan fingerprint density at radius 3 is 2.53 bits per heavy atom. The highest BCUT2D eigenvalue weighted by Gasteiger charge is 2.23. The highest BCUT2D eigenvalue weighted by Crippen LogP contribution is 2.01. The second-order valence-electron chi connectivity index (χ2n) is 3.79. The average molecular weight is 271 g/mol. The van der Waals surface area contributed by atoms with Gasteiger partial charge in [0.05, 0.1) is 6.42 Å². The minimum Gasteiger partial charge on any atom is -0.481 e. The molecule has 1 heterocycles. The number of carboxylic acid groups (broad SMARTS) is 2. The first kappa shape index (κ1) is 14.6. The first-order valence-corrected chi connectivity index (χ1v) is 5.41. The van der Waals surface area contributed by atoms with Crippen LogP contribution in [-0.2, 0) is 20.8 Å². The van der Waals surface area contributed by atoms with Crippen molar-refractivity contribution in [3.05, 3.63) is 11.7 Å². The van der Waals surface area contributed by atoms with E-state index in [1.807, 2.05) is 0 Å². The maximum absolute atomic E-state index is 11.5. The van der Waals surface area contributed by atoms with Crippen molar-refractivity contribution in [1.29, 1.82) is 0 Å². The van der Waals surface area contributed by atoms with Crippen LogP contribution in [0.1, 0.15) is 24.6 Å². The summed E-state index contributed by atoms with van der Waals surface area (Å²) in [6.07, 6.45) is -0.585. The van der Waals surface area contributed by atoms with Crippen LogP contribution in [0.15, 0.2) is 4.52 Å². The smallest absolute Gasteiger partial charge is 0.326 e. The van der Waals surface area contributed by atoms with Crippen LogP contribution in [0.4, 0.5) is 0 Å². The van der Waals surface area contributed by atoms with E-state index in [0.717, 1.165) is 0 Å². The van der Waals surface area contributed by atoms with Crippen molar-refractivity contribution in [2.24, 2.45) is 0 Å². The van der Waals surface area contributed by atoms with E-state index in [2.05, 4.69) is 15.5 Å². The number of aryl methyl sites for hydroxylation is 2. The molecule has 3 N–H and O–H groups in total. The van der Waals surface area contributed by atoms with Crippen molar-refractivity contribution >= 4 is 17.8 Å². The molecule has 0 saturated heterocycles. The SMILES string of the molecule is Cc1noc(CCC(=O)NC(CC(=O)O)C(=O)O)n1. The summed E-state index contributed by atoms with van der Waals surface area (Å²) in [5.74, 6) is -2.60. The van der Waals surface area contributed by atoms with Crippen molar-refractivity contribution < 1.29 is 29.1 Å². The van der Waals surface area contributed by atoms with Crippen molar-refractivity contribution in [1.82, 2.24) is 15.5 Å². The molecule has 1 unspecified atom stereocenters. The predicted octanol–water partition coefficient (Wildman–Crippen LogP) is -0.645. The molecule has 1 amide bonds. The Morgan fingerprint density at radius 2 is 2.05 bits per heavy atom. The second-order valence-corrected chi connectivity index (χ2v) is 3.79.